The standard InChI is InChI=1S/C12H17NO5S2/c1-3-19(14,15)12-8-13(9-12)20(16,17)11-6-4-5-10(7-11)18-2/h4-7,12H,3,8-9H2,1-2H3. The van der Waals surface area contributed by atoms with Crippen LogP contribution in [0.25, 0.3) is 0 Å². The van der Waals surface area contributed by atoms with Gasteiger partial charge in [-0.15, -0.1) is 0 Å². The van der Waals surface area contributed by atoms with Gasteiger partial charge in [0.25, 0.3) is 0 Å². The average Bonchev–Trinajstić information content (AvgIpc) is 2.36. The molecular weight excluding hydrogens is 302 g/mol. The van der Waals surface area contributed by atoms with Crippen molar-refractivity contribution in [1.82, 2.24) is 4.31 Å². The van der Waals surface area contributed by atoms with Gasteiger partial charge in [0.2, 0.25) is 10.0 Å². The maximum absolute atomic E-state index is 12.3. The van der Waals surface area contributed by atoms with E-state index in [9.17, 15) is 16.8 Å². The molecule has 6 nitrogen and oxygen atoms in total. The van der Waals surface area contributed by atoms with Crippen LogP contribution in [-0.4, -0.2) is 52.3 Å². The molecule has 0 bridgehead atoms. The van der Waals surface area contributed by atoms with E-state index < -0.39 is 25.1 Å². The van der Waals surface area contributed by atoms with E-state index in [0.29, 0.717) is 5.75 Å². The van der Waals surface area contributed by atoms with Crippen molar-refractivity contribution in [3.63, 3.8) is 0 Å². The third-order valence-electron chi connectivity index (χ3n) is 3.40. The normalized spacial score (nSPS) is 17.7. The molecule has 0 unspecified atom stereocenters. The van der Waals surface area contributed by atoms with Crippen molar-refractivity contribution in [1.29, 1.82) is 0 Å². The van der Waals surface area contributed by atoms with Gasteiger partial charge in [-0.1, -0.05) is 13.0 Å². The highest BCUT2D eigenvalue weighted by Gasteiger charge is 2.42. The van der Waals surface area contributed by atoms with E-state index >= 15 is 0 Å². The Morgan fingerprint density at radius 1 is 1.25 bits per heavy atom. The lowest BCUT2D eigenvalue weighted by atomic mass is 10.3. The van der Waals surface area contributed by atoms with Gasteiger partial charge >= 0.3 is 0 Å². The Kier molecular flexibility index (Phi) is 4.08. The largest absolute Gasteiger partial charge is 0.497 e. The van der Waals surface area contributed by atoms with Crippen LogP contribution in [0.1, 0.15) is 6.92 Å². The number of methoxy groups -OCH3 is 1. The summed E-state index contributed by atoms with van der Waals surface area (Å²) in [4.78, 5) is 0.115. The van der Waals surface area contributed by atoms with E-state index in [1.165, 1.54) is 23.5 Å². The first kappa shape index (κ1) is 15.3. The van der Waals surface area contributed by atoms with Gasteiger partial charge in [-0.3, -0.25) is 0 Å². The Labute approximate surface area is 119 Å². The summed E-state index contributed by atoms with van der Waals surface area (Å²) in [5, 5.41) is -0.590. The quantitative estimate of drug-likeness (QED) is 0.789. The number of benzene rings is 1. The minimum absolute atomic E-state index is 0.0235. The number of sulfonamides is 1. The molecule has 2 rings (SSSR count). The molecule has 112 valence electrons. The highest BCUT2D eigenvalue weighted by molar-refractivity contribution is 7.92. The summed E-state index contributed by atoms with van der Waals surface area (Å²) in [7, 11) is -5.37. The molecule has 0 atom stereocenters. The van der Waals surface area contributed by atoms with Crippen LogP contribution < -0.4 is 4.74 Å². The van der Waals surface area contributed by atoms with E-state index in [0.717, 1.165) is 0 Å². The lowest BCUT2D eigenvalue weighted by Gasteiger charge is -2.37. The third kappa shape index (κ3) is 2.68. The van der Waals surface area contributed by atoms with Crippen molar-refractivity contribution in [2.75, 3.05) is 26.0 Å². The maximum Gasteiger partial charge on any atom is 0.243 e. The molecule has 1 saturated heterocycles. The average molecular weight is 319 g/mol. The van der Waals surface area contributed by atoms with Gasteiger partial charge in [0.05, 0.1) is 17.3 Å². The molecule has 0 N–H and O–H groups in total. The molecule has 0 saturated carbocycles. The molecule has 1 aromatic rings. The minimum atomic E-state index is -3.65. The van der Waals surface area contributed by atoms with Crippen LogP contribution in [-0.2, 0) is 19.9 Å². The van der Waals surface area contributed by atoms with Crippen molar-refractivity contribution in [2.24, 2.45) is 0 Å². The van der Waals surface area contributed by atoms with E-state index in [2.05, 4.69) is 0 Å². The fourth-order valence-corrected chi connectivity index (χ4v) is 5.01. The predicted octanol–water partition coefficient (Wildman–Crippen LogP) is 0.503. The lowest BCUT2D eigenvalue weighted by molar-refractivity contribution is 0.309. The van der Waals surface area contributed by atoms with Crippen LogP contribution >= 0.6 is 0 Å². The SMILES string of the molecule is CCS(=O)(=O)C1CN(S(=O)(=O)c2cccc(OC)c2)C1. The van der Waals surface area contributed by atoms with Gasteiger partial charge in [0, 0.05) is 24.9 Å². The van der Waals surface area contributed by atoms with E-state index in [4.69, 9.17) is 4.74 Å². The van der Waals surface area contributed by atoms with Crippen LogP contribution in [0.15, 0.2) is 29.2 Å². The number of ether oxygens (including phenoxy) is 1. The summed E-state index contributed by atoms with van der Waals surface area (Å²) in [5.41, 5.74) is 0. The summed E-state index contributed by atoms with van der Waals surface area (Å²) in [5.74, 6) is 0.481. The smallest absolute Gasteiger partial charge is 0.243 e. The molecule has 1 heterocycles. The molecule has 0 aliphatic carbocycles. The highest BCUT2D eigenvalue weighted by atomic mass is 32.2. The Hall–Kier alpha value is -1.12. The molecule has 1 aromatic carbocycles. The van der Waals surface area contributed by atoms with Crippen LogP contribution in [0.5, 0.6) is 5.75 Å². The molecule has 20 heavy (non-hydrogen) atoms. The molecule has 0 spiro atoms. The maximum atomic E-state index is 12.3. The molecule has 1 fully saturated rings. The van der Waals surface area contributed by atoms with E-state index in [1.807, 2.05) is 0 Å². The van der Waals surface area contributed by atoms with Crippen molar-refractivity contribution < 1.29 is 21.6 Å². The summed E-state index contributed by atoms with van der Waals surface area (Å²) in [6.45, 7) is 1.61. The first-order chi connectivity index (χ1) is 9.31. The lowest BCUT2D eigenvalue weighted by Crippen LogP contribution is -2.57. The molecule has 0 radical (unpaired) electrons. The zero-order valence-corrected chi connectivity index (χ0v) is 12.9. The monoisotopic (exact) mass is 319 g/mol. The second-order valence-electron chi connectivity index (χ2n) is 4.57. The predicted molar refractivity (Wildman–Crippen MR) is 75.0 cm³/mol. The Balaban J connectivity index is 2.18. The van der Waals surface area contributed by atoms with Gasteiger partial charge in [-0.2, -0.15) is 4.31 Å². The van der Waals surface area contributed by atoms with Crippen LogP contribution in [0.4, 0.5) is 0 Å². The van der Waals surface area contributed by atoms with Gasteiger partial charge < -0.3 is 4.74 Å². The van der Waals surface area contributed by atoms with E-state index in [1.54, 1.807) is 19.1 Å². The third-order valence-corrected chi connectivity index (χ3v) is 7.35. The number of rotatable bonds is 5. The van der Waals surface area contributed by atoms with Crippen molar-refractivity contribution in [3.8, 4) is 5.75 Å². The Morgan fingerprint density at radius 3 is 2.45 bits per heavy atom. The summed E-state index contributed by atoms with van der Waals surface area (Å²) in [6, 6.07) is 6.14. The molecular formula is C12H17NO5S2. The van der Waals surface area contributed by atoms with Gasteiger partial charge in [0.1, 0.15) is 5.75 Å². The number of sulfone groups is 1. The number of hydrogen-bond donors (Lipinski definition) is 0. The molecule has 8 heteroatoms. The first-order valence-corrected chi connectivity index (χ1v) is 9.32. The topological polar surface area (TPSA) is 80.8 Å². The van der Waals surface area contributed by atoms with Crippen LogP contribution in [0.3, 0.4) is 0 Å². The fourth-order valence-electron chi connectivity index (χ4n) is 1.97. The Morgan fingerprint density at radius 2 is 1.90 bits per heavy atom. The van der Waals surface area contributed by atoms with Gasteiger partial charge in [-0.05, 0) is 12.1 Å². The van der Waals surface area contributed by atoms with Crippen molar-refractivity contribution in [2.45, 2.75) is 17.1 Å². The summed E-state index contributed by atoms with van der Waals surface area (Å²) >= 11 is 0. The van der Waals surface area contributed by atoms with Gasteiger partial charge in [-0.25, -0.2) is 16.8 Å². The van der Waals surface area contributed by atoms with Crippen molar-refractivity contribution >= 4 is 19.9 Å². The molecule has 1 aliphatic heterocycles. The number of hydrogen-bond acceptors (Lipinski definition) is 5. The molecule has 0 aromatic heterocycles. The van der Waals surface area contributed by atoms with Crippen molar-refractivity contribution in [3.05, 3.63) is 24.3 Å². The zero-order chi connectivity index (χ0) is 15.0. The summed E-state index contributed by atoms with van der Waals surface area (Å²) < 4.78 is 54.1. The minimum Gasteiger partial charge on any atom is -0.497 e. The second kappa shape index (κ2) is 5.34. The zero-order valence-electron chi connectivity index (χ0n) is 11.3. The first-order valence-electron chi connectivity index (χ1n) is 6.17. The van der Waals surface area contributed by atoms with Crippen LogP contribution in [0.2, 0.25) is 0 Å². The fraction of sp³-hybridized carbons (Fsp3) is 0.500. The van der Waals surface area contributed by atoms with Crippen LogP contribution in [0, 0.1) is 0 Å². The Bertz CT molecular complexity index is 690. The summed E-state index contributed by atoms with van der Waals surface area (Å²) in [6.07, 6.45) is 0. The molecule has 0 amide bonds. The van der Waals surface area contributed by atoms with Gasteiger partial charge in [0.15, 0.2) is 9.84 Å². The molecule has 1 aliphatic rings. The van der Waals surface area contributed by atoms with E-state index in [-0.39, 0.29) is 23.7 Å². The number of nitrogens with zero attached hydrogens (tertiary/aromatic N) is 1. The second-order valence-corrected chi connectivity index (χ2v) is 9.08. The highest BCUT2D eigenvalue weighted by Crippen LogP contribution is 2.27.